The normalized spacial score (nSPS) is 11.3. The zero-order valence-corrected chi connectivity index (χ0v) is 12.9. The van der Waals surface area contributed by atoms with Gasteiger partial charge in [0, 0.05) is 4.47 Å². The van der Waals surface area contributed by atoms with Crippen LogP contribution in [0.15, 0.2) is 40.0 Å². The summed E-state index contributed by atoms with van der Waals surface area (Å²) in [7, 11) is -3.71. The quantitative estimate of drug-likeness (QED) is 0.852. The number of nitrogens with one attached hydrogen (secondary N) is 1. The van der Waals surface area contributed by atoms with Crippen LogP contribution in [0.3, 0.4) is 0 Å². The van der Waals surface area contributed by atoms with Crippen molar-refractivity contribution in [3.8, 4) is 0 Å². The summed E-state index contributed by atoms with van der Waals surface area (Å²) in [5.74, 6) is 0. The Morgan fingerprint density at radius 1 is 1.26 bits per heavy atom. The Kier molecular flexibility index (Phi) is 4.07. The van der Waals surface area contributed by atoms with Crippen molar-refractivity contribution in [2.24, 2.45) is 0 Å². The van der Waals surface area contributed by atoms with Gasteiger partial charge in [0.15, 0.2) is 0 Å². The van der Waals surface area contributed by atoms with Crippen molar-refractivity contribution < 1.29 is 8.42 Å². The van der Waals surface area contributed by atoms with Gasteiger partial charge in [-0.2, -0.15) is 0 Å². The summed E-state index contributed by atoms with van der Waals surface area (Å²) >= 11 is 8.84. The van der Waals surface area contributed by atoms with E-state index in [0.717, 1.165) is 22.4 Å². The molecule has 1 aromatic carbocycles. The van der Waals surface area contributed by atoms with E-state index < -0.39 is 10.0 Å². The number of anilines is 1. The van der Waals surface area contributed by atoms with Gasteiger partial charge in [0.2, 0.25) is 5.28 Å². The molecule has 19 heavy (non-hydrogen) atoms. The SMILES string of the molecule is Cc1cc(Br)ccc1NS(=O)(=O)c1cnc(Cl)nc1. The molecule has 0 saturated carbocycles. The van der Waals surface area contributed by atoms with E-state index in [1.807, 2.05) is 6.07 Å². The lowest BCUT2D eigenvalue weighted by Crippen LogP contribution is -2.14. The fourth-order valence-corrected chi connectivity index (χ4v) is 2.98. The Labute approximate surface area is 124 Å². The molecule has 0 atom stereocenters. The van der Waals surface area contributed by atoms with Crippen molar-refractivity contribution in [1.29, 1.82) is 0 Å². The zero-order chi connectivity index (χ0) is 14.0. The highest BCUT2D eigenvalue weighted by atomic mass is 79.9. The summed E-state index contributed by atoms with van der Waals surface area (Å²) in [6.07, 6.45) is 2.32. The number of benzene rings is 1. The smallest absolute Gasteiger partial charge is 0.264 e. The number of nitrogens with zero attached hydrogens (tertiary/aromatic N) is 2. The van der Waals surface area contributed by atoms with Crippen molar-refractivity contribution in [3.05, 3.63) is 45.9 Å². The van der Waals surface area contributed by atoms with E-state index in [1.165, 1.54) is 0 Å². The standard InChI is InChI=1S/C11H9BrClN3O2S/c1-7-4-8(12)2-3-10(7)16-19(17,18)9-5-14-11(13)15-6-9/h2-6,16H,1H3. The minimum Gasteiger partial charge on any atom is -0.279 e. The van der Waals surface area contributed by atoms with E-state index in [1.54, 1.807) is 19.1 Å². The van der Waals surface area contributed by atoms with Gasteiger partial charge in [-0.25, -0.2) is 18.4 Å². The minimum atomic E-state index is -3.71. The number of halogens is 2. The second-order valence-electron chi connectivity index (χ2n) is 3.75. The number of sulfonamides is 1. The molecule has 0 aliphatic carbocycles. The van der Waals surface area contributed by atoms with Crippen LogP contribution in [-0.2, 0) is 10.0 Å². The number of aromatic nitrogens is 2. The summed E-state index contributed by atoms with van der Waals surface area (Å²) < 4.78 is 27.6. The van der Waals surface area contributed by atoms with Gasteiger partial charge in [0.05, 0.1) is 18.1 Å². The van der Waals surface area contributed by atoms with Crippen LogP contribution in [0.2, 0.25) is 5.28 Å². The first kappa shape index (κ1) is 14.2. The zero-order valence-electron chi connectivity index (χ0n) is 9.76. The summed E-state index contributed by atoms with van der Waals surface area (Å²) in [5.41, 5.74) is 1.30. The summed E-state index contributed by atoms with van der Waals surface area (Å²) in [6, 6.07) is 5.24. The van der Waals surface area contributed by atoms with Crippen LogP contribution < -0.4 is 4.72 Å². The second-order valence-corrected chi connectivity index (χ2v) is 6.69. The third-order valence-corrected chi connectivity index (χ3v) is 4.35. The van der Waals surface area contributed by atoms with E-state index in [-0.39, 0.29) is 10.2 Å². The topological polar surface area (TPSA) is 72.0 Å². The molecular formula is C11H9BrClN3O2S. The van der Waals surface area contributed by atoms with Crippen LogP contribution in [0.5, 0.6) is 0 Å². The Morgan fingerprint density at radius 3 is 2.47 bits per heavy atom. The van der Waals surface area contributed by atoms with Crippen LogP contribution in [0.1, 0.15) is 5.56 Å². The molecule has 0 radical (unpaired) electrons. The molecule has 0 aliphatic rings. The van der Waals surface area contributed by atoms with E-state index in [2.05, 4.69) is 30.6 Å². The predicted octanol–water partition coefficient (Wildman–Crippen LogP) is 3.00. The maximum absolute atomic E-state index is 12.1. The van der Waals surface area contributed by atoms with Crippen molar-refractivity contribution >= 4 is 43.2 Å². The molecule has 0 bridgehead atoms. The molecule has 1 heterocycles. The summed E-state index contributed by atoms with van der Waals surface area (Å²) in [5, 5.41) is -0.00114. The third-order valence-electron chi connectivity index (χ3n) is 2.34. The fraction of sp³-hybridized carbons (Fsp3) is 0.0909. The number of hydrogen-bond donors (Lipinski definition) is 1. The monoisotopic (exact) mass is 361 g/mol. The Balaban J connectivity index is 2.33. The van der Waals surface area contributed by atoms with Gasteiger partial charge in [-0.3, -0.25) is 4.72 Å². The van der Waals surface area contributed by atoms with Crippen LogP contribution >= 0.6 is 27.5 Å². The molecule has 1 N–H and O–H groups in total. The Hall–Kier alpha value is -1.18. The summed E-state index contributed by atoms with van der Waals surface area (Å²) in [4.78, 5) is 7.26. The largest absolute Gasteiger partial charge is 0.279 e. The molecule has 0 amide bonds. The number of hydrogen-bond acceptors (Lipinski definition) is 4. The lowest BCUT2D eigenvalue weighted by molar-refractivity contribution is 0.600. The van der Waals surface area contributed by atoms with E-state index in [9.17, 15) is 8.42 Å². The molecule has 8 heteroatoms. The van der Waals surface area contributed by atoms with E-state index in [0.29, 0.717) is 5.69 Å². The molecular weight excluding hydrogens is 354 g/mol. The van der Waals surface area contributed by atoms with E-state index in [4.69, 9.17) is 11.6 Å². The lowest BCUT2D eigenvalue weighted by atomic mass is 10.2. The molecule has 100 valence electrons. The highest BCUT2D eigenvalue weighted by Crippen LogP contribution is 2.22. The minimum absolute atomic E-state index is 0.00114. The molecule has 0 aliphatic heterocycles. The van der Waals surface area contributed by atoms with Crippen LogP contribution in [-0.4, -0.2) is 18.4 Å². The molecule has 2 aromatic rings. The number of rotatable bonds is 3. The fourth-order valence-electron chi connectivity index (χ4n) is 1.38. The van der Waals surface area contributed by atoms with Crippen LogP contribution in [0.4, 0.5) is 5.69 Å². The van der Waals surface area contributed by atoms with E-state index >= 15 is 0 Å². The average Bonchev–Trinajstić information content (AvgIpc) is 2.33. The molecule has 0 spiro atoms. The van der Waals surface area contributed by atoms with Gasteiger partial charge in [0.1, 0.15) is 4.90 Å². The van der Waals surface area contributed by atoms with Gasteiger partial charge in [-0.15, -0.1) is 0 Å². The maximum Gasteiger partial charge on any atom is 0.264 e. The van der Waals surface area contributed by atoms with Gasteiger partial charge in [0.25, 0.3) is 10.0 Å². The van der Waals surface area contributed by atoms with Gasteiger partial charge < -0.3 is 0 Å². The van der Waals surface area contributed by atoms with Gasteiger partial charge in [-0.1, -0.05) is 15.9 Å². The Morgan fingerprint density at radius 2 is 1.89 bits per heavy atom. The predicted molar refractivity (Wildman–Crippen MR) is 76.7 cm³/mol. The molecule has 1 aromatic heterocycles. The first-order valence-electron chi connectivity index (χ1n) is 5.15. The molecule has 0 fully saturated rings. The van der Waals surface area contributed by atoms with Crippen molar-refractivity contribution in [3.63, 3.8) is 0 Å². The van der Waals surface area contributed by atoms with Gasteiger partial charge in [-0.05, 0) is 42.3 Å². The third kappa shape index (κ3) is 3.43. The first-order valence-corrected chi connectivity index (χ1v) is 7.80. The summed E-state index contributed by atoms with van der Waals surface area (Å²) in [6.45, 7) is 1.81. The highest BCUT2D eigenvalue weighted by molar-refractivity contribution is 9.10. The number of aryl methyl sites for hydroxylation is 1. The van der Waals surface area contributed by atoms with Crippen molar-refractivity contribution in [2.75, 3.05) is 4.72 Å². The second kappa shape index (κ2) is 5.44. The molecule has 2 rings (SSSR count). The maximum atomic E-state index is 12.1. The molecule has 0 unspecified atom stereocenters. The molecule has 5 nitrogen and oxygen atoms in total. The average molecular weight is 363 g/mol. The van der Waals surface area contributed by atoms with Crippen molar-refractivity contribution in [2.45, 2.75) is 11.8 Å². The highest BCUT2D eigenvalue weighted by Gasteiger charge is 2.16. The van der Waals surface area contributed by atoms with Gasteiger partial charge >= 0.3 is 0 Å². The van der Waals surface area contributed by atoms with Crippen LogP contribution in [0.25, 0.3) is 0 Å². The first-order chi connectivity index (χ1) is 8.88. The lowest BCUT2D eigenvalue weighted by Gasteiger charge is -2.10. The van der Waals surface area contributed by atoms with Crippen molar-refractivity contribution in [1.82, 2.24) is 9.97 Å². The molecule has 0 saturated heterocycles. The van der Waals surface area contributed by atoms with Crippen LogP contribution in [0, 0.1) is 6.92 Å². The Bertz CT molecular complexity index is 704.